The van der Waals surface area contributed by atoms with Gasteiger partial charge in [-0.15, -0.1) is 0 Å². The van der Waals surface area contributed by atoms with Crippen molar-refractivity contribution in [2.45, 2.75) is 31.6 Å². The minimum absolute atomic E-state index is 0.101. The molecule has 2 aromatic rings. The molecule has 2 aromatic carbocycles. The van der Waals surface area contributed by atoms with Crippen LogP contribution in [0.15, 0.2) is 54.6 Å². The summed E-state index contributed by atoms with van der Waals surface area (Å²) in [6.45, 7) is 2.46. The third-order valence-corrected chi connectivity index (χ3v) is 4.65. The van der Waals surface area contributed by atoms with Crippen molar-refractivity contribution in [3.8, 4) is 0 Å². The van der Waals surface area contributed by atoms with E-state index in [1.165, 1.54) is 23.8 Å². The standard InChI is InChI=1S/C20H21F3N2O/c21-20(22,23)18-9-5-4-8-17(18)19(26)24-16-10-12-25(13-11-16)14-15-6-2-1-3-7-15/h1-9,16H,10-14H2,(H,24,26). The third-order valence-electron chi connectivity index (χ3n) is 4.65. The Morgan fingerprint density at radius 3 is 2.27 bits per heavy atom. The van der Waals surface area contributed by atoms with Gasteiger partial charge in [-0.2, -0.15) is 13.2 Å². The molecule has 138 valence electrons. The van der Waals surface area contributed by atoms with Crippen LogP contribution in [0.25, 0.3) is 0 Å². The highest BCUT2D eigenvalue weighted by molar-refractivity contribution is 5.96. The summed E-state index contributed by atoms with van der Waals surface area (Å²) >= 11 is 0. The monoisotopic (exact) mass is 362 g/mol. The van der Waals surface area contributed by atoms with Gasteiger partial charge in [-0.3, -0.25) is 9.69 Å². The number of alkyl halides is 3. The van der Waals surface area contributed by atoms with E-state index < -0.39 is 17.6 Å². The van der Waals surface area contributed by atoms with Crippen LogP contribution in [0.5, 0.6) is 0 Å². The fourth-order valence-electron chi connectivity index (χ4n) is 3.27. The molecule has 3 nitrogen and oxygen atoms in total. The lowest BCUT2D eigenvalue weighted by atomic mass is 10.0. The fourth-order valence-corrected chi connectivity index (χ4v) is 3.27. The van der Waals surface area contributed by atoms with Crippen LogP contribution in [0.3, 0.4) is 0 Å². The van der Waals surface area contributed by atoms with Gasteiger partial charge in [0, 0.05) is 25.7 Å². The quantitative estimate of drug-likeness (QED) is 0.888. The zero-order valence-electron chi connectivity index (χ0n) is 14.3. The Morgan fingerprint density at radius 1 is 1.00 bits per heavy atom. The molecule has 1 fully saturated rings. The molecule has 1 aliphatic heterocycles. The van der Waals surface area contributed by atoms with Crippen molar-refractivity contribution in [1.29, 1.82) is 0 Å². The van der Waals surface area contributed by atoms with E-state index in [0.717, 1.165) is 38.5 Å². The van der Waals surface area contributed by atoms with Crippen LogP contribution in [0.4, 0.5) is 13.2 Å². The van der Waals surface area contributed by atoms with Gasteiger partial charge < -0.3 is 5.32 Å². The Hall–Kier alpha value is -2.34. The summed E-state index contributed by atoms with van der Waals surface area (Å²) in [7, 11) is 0. The highest BCUT2D eigenvalue weighted by Gasteiger charge is 2.35. The number of amides is 1. The van der Waals surface area contributed by atoms with Crippen molar-refractivity contribution in [2.24, 2.45) is 0 Å². The molecule has 1 N–H and O–H groups in total. The van der Waals surface area contributed by atoms with Gasteiger partial charge >= 0.3 is 6.18 Å². The molecule has 0 atom stereocenters. The van der Waals surface area contributed by atoms with Gasteiger partial charge in [0.1, 0.15) is 0 Å². The zero-order chi connectivity index (χ0) is 18.6. The third kappa shape index (κ3) is 4.64. The van der Waals surface area contributed by atoms with Crippen LogP contribution in [0.2, 0.25) is 0 Å². The topological polar surface area (TPSA) is 32.3 Å². The first-order chi connectivity index (χ1) is 12.4. The Labute approximate surface area is 150 Å². The Bertz CT molecular complexity index is 738. The molecule has 0 bridgehead atoms. The number of benzene rings is 2. The van der Waals surface area contributed by atoms with E-state index in [9.17, 15) is 18.0 Å². The van der Waals surface area contributed by atoms with Crippen LogP contribution < -0.4 is 5.32 Å². The van der Waals surface area contributed by atoms with E-state index in [0.29, 0.717) is 0 Å². The van der Waals surface area contributed by atoms with Crippen molar-refractivity contribution in [1.82, 2.24) is 10.2 Å². The van der Waals surface area contributed by atoms with E-state index >= 15 is 0 Å². The summed E-state index contributed by atoms with van der Waals surface area (Å²) in [5.74, 6) is -0.653. The number of carbonyl (C=O) groups excluding carboxylic acids is 1. The van der Waals surface area contributed by atoms with Crippen molar-refractivity contribution >= 4 is 5.91 Å². The number of nitrogens with one attached hydrogen (secondary N) is 1. The zero-order valence-corrected chi connectivity index (χ0v) is 14.3. The maximum Gasteiger partial charge on any atom is 0.417 e. The summed E-state index contributed by atoms with van der Waals surface area (Å²) in [6, 6.07) is 14.9. The van der Waals surface area contributed by atoms with Crippen LogP contribution in [0.1, 0.15) is 34.3 Å². The number of likely N-dealkylation sites (tertiary alicyclic amines) is 1. The number of hydrogen-bond donors (Lipinski definition) is 1. The summed E-state index contributed by atoms with van der Waals surface area (Å²) in [5, 5.41) is 2.77. The van der Waals surface area contributed by atoms with E-state index in [1.807, 2.05) is 18.2 Å². The number of carbonyl (C=O) groups is 1. The number of piperidine rings is 1. The van der Waals surface area contributed by atoms with E-state index in [-0.39, 0.29) is 11.6 Å². The van der Waals surface area contributed by atoms with Crippen LogP contribution in [0, 0.1) is 0 Å². The van der Waals surface area contributed by atoms with Gasteiger partial charge in [0.25, 0.3) is 5.91 Å². The van der Waals surface area contributed by atoms with Gasteiger partial charge in [-0.25, -0.2) is 0 Å². The molecule has 0 radical (unpaired) electrons. The molecule has 1 amide bonds. The van der Waals surface area contributed by atoms with Crippen LogP contribution in [-0.2, 0) is 12.7 Å². The minimum atomic E-state index is -4.53. The molecule has 6 heteroatoms. The Kier molecular flexibility index (Phi) is 5.61. The second kappa shape index (κ2) is 7.91. The average molecular weight is 362 g/mol. The summed E-state index contributed by atoms with van der Waals surface area (Å²) < 4.78 is 39.2. The molecular formula is C20H21F3N2O. The first kappa shape index (κ1) is 18.5. The molecular weight excluding hydrogens is 341 g/mol. The molecule has 0 saturated carbocycles. The first-order valence-electron chi connectivity index (χ1n) is 8.67. The highest BCUT2D eigenvalue weighted by Crippen LogP contribution is 2.31. The molecule has 0 unspecified atom stereocenters. The second-order valence-corrected chi connectivity index (χ2v) is 6.55. The molecule has 0 aliphatic carbocycles. The maximum absolute atomic E-state index is 13.1. The molecule has 1 saturated heterocycles. The van der Waals surface area contributed by atoms with Gasteiger partial charge in [0.05, 0.1) is 11.1 Å². The fraction of sp³-hybridized carbons (Fsp3) is 0.350. The highest BCUT2D eigenvalue weighted by atomic mass is 19.4. The minimum Gasteiger partial charge on any atom is -0.349 e. The average Bonchev–Trinajstić information content (AvgIpc) is 2.63. The largest absolute Gasteiger partial charge is 0.417 e. The lowest BCUT2D eigenvalue weighted by Crippen LogP contribution is -2.44. The van der Waals surface area contributed by atoms with E-state index in [1.54, 1.807) is 0 Å². The Balaban J connectivity index is 1.56. The summed E-state index contributed by atoms with van der Waals surface area (Å²) in [5.41, 5.74) is 0.0276. The number of hydrogen-bond acceptors (Lipinski definition) is 2. The van der Waals surface area contributed by atoms with Gasteiger partial charge in [-0.1, -0.05) is 42.5 Å². The molecule has 26 heavy (non-hydrogen) atoms. The predicted octanol–water partition coefficient (Wildman–Crippen LogP) is 4.10. The molecule has 1 aliphatic rings. The van der Waals surface area contributed by atoms with Crippen molar-refractivity contribution in [2.75, 3.05) is 13.1 Å². The van der Waals surface area contributed by atoms with Crippen LogP contribution in [-0.4, -0.2) is 29.9 Å². The van der Waals surface area contributed by atoms with Gasteiger partial charge in [0.2, 0.25) is 0 Å². The SMILES string of the molecule is O=C(NC1CCN(Cc2ccccc2)CC1)c1ccccc1C(F)(F)F. The van der Waals surface area contributed by atoms with E-state index in [4.69, 9.17) is 0 Å². The molecule has 0 spiro atoms. The van der Waals surface area contributed by atoms with Gasteiger partial charge in [0.15, 0.2) is 0 Å². The van der Waals surface area contributed by atoms with Crippen molar-refractivity contribution < 1.29 is 18.0 Å². The second-order valence-electron chi connectivity index (χ2n) is 6.55. The number of rotatable bonds is 4. The van der Waals surface area contributed by atoms with Crippen molar-refractivity contribution in [3.63, 3.8) is 0 Å². The first-order valence-corrected chi connectivity index (χ1v) is 8.67. The maximum atomic E-state index is 13.1. The molecule has 1 heterocycles. The predicted molar refractivity (Wildman–Crippen MR) is 93.7 cm³/mol. The van der Waals surface area contributed by atoms with Gasteiger partial charge in [-0.05, 0) is 30.5 Å². The lowest BCUT2D eigenvalue weighted by molar-refractivity contribution is -0.137. The molecule has 3 rings (SSSR count). The van der Waals surface area contributed by atoms with E-state index in [2.05, 4.69) is 22.3 Å². The molecule has 0 aromatic heterocycles. The van der Waals surface area contributed by atoms with Crippen molar-refractivity contribution in [3.05, 3.63) is 71.3 Å². The summed E-state index contributed by atoms with van der Waals surface area (Å²) in [4.78, 5) is 14.6. The van der Waals surface area contributed by atoms with Crippen LogP contribution >= 0.6 is 0 Å². The normalized spacial score (nSPS) is 16.4. The lowest BCUT2D eigenvalue weighted by Gasteiger charge is -2.32. The Morgan fingerprint density at radius 2 is 1.62 bits per heavy atom. The summed E-state index contributed by atoms with van der Waals surface area (Å²) in [6.07, 6.45) is -3.08. The number of halogens is 3. The number of nitrogens with zero attached hydrogens (tertiary/aromatic N) is 1. The smallest absolute Gasteiger partial charge is 0.349 e.